The summed E-state index contributed by atoms with van der Waals surface area (Å²) in [6.45, 7) is 0. The van der Waals surface area contributed by atoms with Gasteiger partial charge in [-0.3, -0.25) is 0 Å². The average Bonchev–Trinajstić information content (AvgIpc) is 3.66. The van der Waals surface area contributed by atoms with E-state index in [-0.39, 0.29) is 0 Å². The smallest absolute Gasteiger partial charge is 0.164 e. The highest BCUT2D eigenvalue weighted by Gasteiger charge is 2.22. The number of pyridine rings is 1. The van der Waals surface area contributed by atoms with Crippen molar-refractivity contribution in [1.29, 1.82) is 0 Å². The molecule has 7 heteroatoms. The summed E-state index contributed by atoms with van der Waals surface area (Å²) in [6, 6.07) is 64.6. The zero-order valence-corrected chi connectivity index (χ0v) is 31.5. The van der Waals surface area contributed by atoms with E-state index in [0.717, 1.165) is 60.6 Å². The Morgan fingerprint density at radius 3 is 1.24 bits per heavy atom. The SMILES string of the molecule is c1ccc(-c2nc(-c3ccccc3)nc(-c3ccc4c(c3)c3cccc5c6ccc(-c7nc(-c8ccccc8)nc(-c8ccccc8)n7)c7cccc(c76)n4c53)n2)cc1. The molecule has 0 aliphatic carbocycles. The number of benzene rings is 8. The Hall–Kier alpha value is -8.16. The molecule has 0 saturated heterocycles. The van der Waals surface area contributed by atoms with Crippen molar-refractivity contribution in [2.24, 2.45) is 0 Å². The molecular formula is C52H31N7. The molecule has 12 aromatic rings. The third kappa shape index (κ3) is 5.36. The van der Waals surface area contributed by atoms with Crippen LogP contribution in [0.1, 0.15) is 0 Å². The molecule has 0 unspecified atom stereocenters. The summed E-state index contributed by atoms with van der Waals surface area (Å²) in [5.41, 5.74) is 9.04. The molecule has 7 nitrogen and oxygen atoms in total. The van der Waals surface area contributed by atoms with Gasteiger partial charge in [0.25, 0.3) is 0 Å². The van der Waals surface area contributed by atoms with Crippen molar-refractivity contribution in [2.45, 2.75) is 0 Å². The molecule has 0 fully saturated rings. The first-order chi connectivity index (χ1) is 29.2. The lowest BCUT2D eigenvalue weighted by molar-refractivity contribution is 1.07. The fourth-order valence-corrected chi connectivity index (χ4v) is 8.54. The Morgan fingerprint density at radius 2 is 0.712 bits per heavy atom. The number of aromatic nitrogens is 7. The van der Waals surface area contributed by atoms with E-state index < -0.39 is 0 Å². The zero-order valence-electron chi connectivity index (χ0n) is 31.5. The number of para-hydroxylation sites is 1. The van der Waals surface area contributed by atoms with Gasteiger partial charge in [-0.1, -0.05) is 158 Å². The van der Waals surface area contributed by atoms with Crippen molar-refractivity contribution in [3.05, 3.63) is 188 Å². The van der Waals surface area contributed by atoms with Gasteiger partial charge in [0.15, 0.2) is 34.9 Å². The standard InChI is InChI=1S/C52H31N7/c1-5-15-32(16-6-1)47-53-48(33-17-7-2-8-18-33)56-51(55-47)36-27-30-43-42(31-36)40-25-13-24-39-38-28-29-41(37-23-14-26-44(45(37)38)59(43)46(39)40)52-57-49(34-19-9-3-10-20-34)54-50(58-52)35-21-11-4-12-22-35/h1-31H. The number of fused-ring (bicyclic) bond motifs is 5. The lowest BCUT2D eigenvalue weighted by Crippen LogP contribution is -2.01. The number of nitrogens with zero attached hydrogens (tertiary/aromatic N) is 7. The Labute approximate surface area is 338 Å². The summed E-state index contributed by atoms with van der Waals surface area (Å²) in [6.07, 6.45) is 0. The van der Waals surface area contributed by atoms with Gasteiger partial charge in [-0.25, -0.2) is 29.9 Å². The first-order valence-corrected chi connectivity index (χ1v) is 19.6. The molecule has 8 aromatic carbocycles. The number of rotatable bonds is 6. The van der Waals surface area contributed by atoms with Crippen molar-refractivity contribution >= 4 is 48.9 Å². The Balaban J connectivity index is 1.08. The van der Waals surface area contributed by atoms with E-state index in [9.17, 15) is 0 Å². The summed E-state index contributed by atoms with van der Waals surface area (Å²) >= 11 is 0. The van der Waals surface area contributed by atoms with Crippen LogP contribution in [0.5, 0.6) is 0 Å². The largest absolute Gasteiger partial charge is 0.308 e. The predicted octanol–water partition coefficient (Wildman–Crippen LogP) is 12.4. The molecule has 274 valence electrons. The van der Waals surface area contributed by atoms with Crippen LogP contribution in [0.15, 0.2) is 188 Å². The summed E-state index contributed by atoms with van der Waals surface area (Å²) in [7, 11) is 0. The molecule has 0 radical (unpaired) electrons. The van der Waals surface area contributed by atoms with Crippen LogP contribution >= 0.6 is 0 Å². The van der Waals surface area contributed by atoms with Crippen LogP contribution in [0.3, 0.4) is 0 Å². The second-order valence-electron chi connectivity index (χ2n) is 14.7. The third-order valence-electron chi connectivity index (χ3n) is 11.2. The fraction of sp³-hybridized carbons (Fsp3) is 0. The molecule has 4 heterocycles. The Bertz CT molecular complexity index is 3420. The molecule has 0 bridgehead atoms. The molecule has 4 aromatic heterocycles. The van der Waals surface area contributed by atoms with Crippen LogP contribution in [-0.4, -0.2) is 34.3 Å². The topological polar surface area (TPSA) is 81.8 Å². The summed E-state index contributed by atoms with van der Waals surface area (Å²) in [4.78, 5) is 30.2. The van der Waals surface area contributed by atoms with Gasteiger partial charge in [0.05, 0.1) is 16.6 Å². The highest BCUT2D eigenvalue weighted by molar-refractivity contribution is 6.28. The van der Waals surface area contributed by atoms with Crippen LogP contribution < -0.4 is 0 Å². The fourth-order valence-electron chi connectivity index (χ4n) is 8.54. The Morgan fingerprint density at radius 1 is 0.271 bits per heavy atom. The van der Waals surface area contributed by atoms with E-state index in [1.807, 2.05) is 121 Å². The molecule has 0 N–H and O–H groups in total. The van der Waals surface area contributed by atoms with Crippen molar-refractivity contribution in [3.63, 3.8) is 0 Å². The van der Waals surface area contributed by atoms with Gasteiger partial charge in [-0.2, -0.15) is 0 Å². The van der Waals surface area contributed by atoms with Gasteiger partial charge in [-0.05, 0) is 41.1 Å². The van der Waals surface area contributed by atoms with Gasteiger partial charge in [0, 0.05) is 54.9 Å². The first kappa shape index (κ1) is 33.0. The minimum atomic E-state index is 0.628. The normalized spacial score (nSPS) is 11.7. The van der Waals surface area contributed by atoms with Gasteiger partial charge in [-0.15, -0.1) is 0 Å². The summed E-state index contributed by atoms with van der Waals surface area (Å²) in [5.74, 6) is 3.82. The van der Waals surface area contributed by atoms with E-state index in [4.69, 9.17) is 29.9 Å². The van der Waals surface area contributed by atoms with E-state index in [1.54, 1.807) is 0 Å². The van der Waals surface area contributed by atoms with E-state index in [2.05, 4.69) is 71.1 Å². The predicted molar refractivity (Wildman–Crippen MR) is 238 cm³/mol. The van der Waals surface area contributed by atoms with E-state index in [0.29, 0.717) is 34.9 Å². The van der Waals surface area contributed by atoms with E-state index in [1.165, 1.54) is 21.7 Å². The number of hydrogen-bond acceptors (Lipinski definition) is 6. The molecule has 0 aliphatic rings. The first-order valence-electron chi connectivity index (χ1n) is 19.6. The highest BCUT2D eigenvalue weighted by atomic mass is 15.0. The maximum absolute atomic E-state index is 5.12. The molecule has 0 aliphatic heterocycles. The molecule has 59 heavy (non-hydrogen) atoms. The summed E-state index contributed by atoms with van der Waals surface area (Å²) in [5, 5.41) is 6.90. The molecule has 0 saturated carbocycles. The minimum absolute atomic E-state index is 0.628. The van der Waals surface area contributed by atoms with Gasteiger partial charge >= 0.3 is 0 Å². The van der Waals surface area contributed by atoms with Crippen LogP contribution in [0.2, 0.25) is 0 Å². The highest BCUT2D eigenvalue weighted by Crippen LogP contribution is 2.43. The molecule has 0 spiro atoms. The lowest BCUT2D eigenvalue weighted by atomic mass is 9.95. The molecular weight excluding hydrogens is 723 g/mol. The van der Waals surface area contributed by atoms with E-state index >= 15 is 0 Å². The summed E-state index contributed by atoms with van der Waals surface area (Å²) < 4.78 is 2.42. The minimum Gasteiger partial charge on any atom is -0.308 e. The van der Waals surface area contributed by atoms with Gasteiger partial charge in [0.2, 0.25) is 0 Å². The molecule has 0 amide bonds. The second-order valence-corrected chi connectivity index (χ2v) is 14.7. The molecule has 0 atom stereocenters. The Kier molecular flexibility index (Phi) is 7.40. The maximum atomic E-state index is 5.12. The molecule has 12 rings (SSSR count). The van der Waals surface area contributed by atoms with Crippen molar-refractivity contribution in [3.8, 4) is 68.3 Å². The third-order valence-corrected chi connectivity index (χ3v) is 11.2. The van der Waals surface area contributed by atoms with Gasteiger partial charge in [0.1, 0.15) is 0 Å². The quantitative estimate of drug-likeness (QED) is 0.124. The monoisotopic (exact) mass is 753 g/mol. The van der Waals surface area contributed by atoms with Crippen molar-refractivity contribution in [1.82, 2.24) is 34.3 Å². The average molecular weight is 754 g/mol. The van der Waals surface area contributed by atoms with Gasteiger partial charge < -0.3 is 4.40 Å². The van der Waals surface area contributed by atoms with Crippen molar-refractivity contribution < 1.29 is 0 Å². The van der Waals surface area contributed by atoms with Crippen LogP contribution in [0, 0.1) is 0 Å². The zero-order chi connectivity index (χ0) is 38.9. The van der Waals surface area contributed by atoms with Crippen LogP contribution in [0.4, 0.5) is 0 Å². The maximum Gasteiger partial charge on any atom is 0.164 e. The van der Waals surface area contributed by atoms with Crippen LogP contribution in [-0.2, 0) is 0 Å². The lowest BCUT2D eigenvalue weighted by Gasteiger charge is -2.16. The number of hydrogen-bond donors (Lipinski definition) is 0. The second kappa shape index (κ2) is 13.2. The van der Waals surface area contributed by atoms with Crippen molar-refractivity contribution in [2.75, 3.05) is 0 Å². The van der Waals surface area contributed by atoms with Crippen LogP contribution in [0.25, 0.3) is 117 Å².